The molecule has 0 radical (unpaired) electrons. The molecule has 2 aromatic rings. The number of piperazine rings is 1. The molecule has 9 heteroatoms. The molecule has 0 atom stereocenters. The number of nitro benzene ring substituents is 1. The molecular formula is C19H19ClFN3O4. The van der Waals surface area contributed by atoms with Crippen molar-refractivity contribution in [2.24, 2.45) is 0 Å². The van der Waals surface area contributed by atoms with Gasteiger partial charge in [0.15, 0.2) is 5.75 Å². The number of rotatable bonds is 5. The highest BCUT2D eigenvalue weighted by molar-refractivity contribution is 6.33. The number of hydrogen-bond acceptors (Lipinski definition) is 5. The van der Waals surface area contributed by atoms with Crippen molar-refractivity contribution in [2.75, 3.05) is 37.7 Å². The molecule has 0 N–H and O–H groups in total. The van der Waals surface area contributed by atoms with Crippen LogP contribution in [0.15, 0.2) is 36.4 Å². The van der Waals surface area contributed by atoms with E-state index in [9.17, 15) is 19.3 Å². The van der Waals surface area contributed by atoms with Crippen LogP contribution in [0.5, 0.6) is 5.75 Å². The Morgan fingerprint density at radius 2 is 1.89 bits per heavy atom. The minimum Gasteiger partial charge on any atom is -0.487 e. The van der Waals surface area contributed by atoms with Crippen LogP contribution < -0.4 is 9.64 Å². The third kappa shape index (κ3) is 3.87. The molecule has 0 bridgehead atoms. The zero-order valence-corrected chi connectivity index (χ0v) is 16.0. The fourth-order valence-corrected chi connectivity index (χ4v) is 3.48. The molecule has 28 heavy (non-hydrogen) atoms. The summed E-state index contributed by atoms with van der Waals surface area (Å²) in [6, 6.07) is 9.02. The van der Waals surface area contributed by atoms with Crippen molar-refractivity contribution >= 4 is 28.9 Å². The fraction of sp³-hybridized carbons (Fsp3) is 0.316. The molecule has 1 heterocycles. The van der Waals surface area contributed by atoms with Gasteiger partial charge >= 0.3 is 5.69 Å². The fourth-order valence-electron chi connectivity index (χ4n) is 3.23. The largest absolute Gasteiger partial charge is 0.487 e. The minimum atomic E-state index is -0.667. The van der Waals surface area contributed by atoms with E-state index >= 15 is 0 Å². The quantitative estimate of drug-likeness (QED) is 0.557. The minimum absolute atomic E-state index is 0.0625. The third-order valence-electron chi connectivity index (χ3n) is 4.54. The lowest BCUT2D eigenvalue weighted by Crippen LogP contribution is -2.49. The van der Waals surface area contributed by atoms with Gasteiger partial charge in [0.05, 0.1) is 22.1 Å². The zero-order valence-electron chi connectivity index (χ0n) is 15.2. The summed E-state index contributed by atoms with van der Waals surface area (Å²) in [5.74, 6) is -0.943. The highest BCUT2D eigenvalue weighted by Gasteiger charge is 2.30. The van der Waals surface area contributed by atoms with Crippen LogP contribution in [0.1, 0.15) is 17.3 Å². The van der Waals surface area contributed by atoms with Gasteiger partial charge in [-0.15, -0.1) is 0 Å². The highest BCUT2D eigenvalue weighted by Crippen LogP contribution is 2.37. The van der Waals surface area contributed by atoms with Crippen LogP contribution in [-0.2, 0) is 0 Å². The maximum atomic E-state index is 14.0. The highest BCUT2D eigenvalue weighted by atomic mass is 35.5. The molecule has 1 fully saturated rings. The average Bonchev–Trinajstić information content (AvgIpc) is 2.68. The summed E-state index contributed by atoms with van der Waals surface area (Å²) >= 11 is 5.98. The predicted octanol–water partition coefficient (Wildman–Crippen LogP) is 3.75. The van der Waals surface area contributed by atoms with Gasteiger partial charge in [-0.2, -0.15) is 0 Å². The van der Waals surface area contributed by atoms with Gasteiger partial charge in [0.2, 0.25) is 0 Å². The zero-order chi connectivity index (χ0) is 20.3. The standard InChI is InChI=1S/C19H19ClFN3O4/c1-2-28-16-8-4-7-15(18(16)24(26)27)22-9-11-23(12-10-22)19(25)17-13(20)5-3-6-14(17)21/h3-8H,2,9-12H2,1H3. The summed E-state index contributed by atoms with van der Waals surface area (Å²) < 4.78 is 19.4. The second-order valence-electron chi connectivity index (χ2n) is 6.19. The number of carbonyl (C=O) groups excluding carboxylic acids is 1. The van der Waals surface area contributed by atoms with Crippen molar-refractivity contribution in [3.63, 3.8) is 0 Å². The first kappa shape index (κ1) is 19.9. The lowest BCUT2D eigenvalue weighted by molar-refractivity contribution is -0.385. The molecule has 1 amide bonds. The topological polar surface area (TPSA) is 75.9 Å². The van der Waals surface area contributed by atoms with Gasteiger partial charge in [-0.25, -0.2) is 4.39 Å². The Balaban J connectivity index is 1.78. The Morgan fingerprint density at radius 3 is 2.50 bits per heavy atom. The molecule has 2 aromatic carbocycles. The van der Waals surface area contributed by atoms with E-state index in [0.717, 1.165) is 0 Å². The van der Waals surface area contributed by atoms with Crippen molar-refractivity contribution in [3.8, 4) is 5.75 Å². The van der Waals surface area contributed by atoms with E-state index in [2.05, 4.69) is 0 Å². The van der Waals surface area contributed by atoms with Gasteiger partial charge < -0.3 is 14.5 Å². The molecule has 0 unspecified atom stereocenters. The Bertz CT molecular complexity index is 880. The lowest BCUT2D eigenvalue weighted by atomic mass is 10.1. The van der Waals surface area contributed by atoms with Crippen molar-refractivity contribution in [1.82, 2.24) is 4.90 Å². The molecule has 3 rings (SSSR count). The number of halogens is 2. The molecule has 1 aliphatic rings. The van der Waals surface area contributed by atoms with E-state index in [-0.39, 0.29) is 22.0 Å². The Hall–Kier alpha value is -2.87. The number of amides is 1. The maximum Gasteiger partial charge on any atom is 0.333 e. The Morgan fingerprint density at radius 1 is 1.21 bits per heavy atom. The van der Waals surface area contributed by atoms with Gasteiger partial charge in [0, 0.05) is 26.2 Å². The number of ether oxygens (including phenoxy) is 1. The van der Waals surface area contributed by atoms with Crippen LogP contribution >= 0.6 is 11.6 Å². The summed E-state index contributed by atoms with van der Waals surface area (Å²) in [5, 5.41) is 11.6. The van der Waals surface area contributed by atoms with Crippen LogP contribution in [-0.4, -0.2) is 48.5 Å². The van der Waals surface area contributed by atoms with E-state index in [1.807, 2.05) is 4.90 Å². The molecule has 7 nitrogen and oxygen atoms in total. The number of anilines is 1. The van der Waals surface area contributed by atoms with E-state index in [0.29, 0.717) is 38.5 Å². The summed E-state index contributed by atoms with van der Waals surface area (Å²) in [4.78, 5) is 27.1. The summed E-state index contributed by atoms with van der Waals surface area (Å²) in [6.45, 7) is 3.39. The Kier molecular flexibility index (Phi) is 5.99. The molecule has 148 valence electrons. The Labute approximate surface area is 166 Å². The average molecular weight is 408 g/mol. The summed E-state index contributed by atoms with van der Waals surface area (Å²) in [5.41, 5.74) is 0.190. The van der Waals surface area contributed by atoms with Crippen molar-refractivity contribution in [2.45, 2.75) is 6.92 Å². The lowest BCUT2D eigenvalue weighted by Gasteiger charge is -2.36. The molecular weight excluding hydrogens is 389 g/mol. The van der Waals surface area contributed by atoms with Crippen molar-refractivity contribution < 1.29 is 18.8 Å². The first-order chi connectivity index (χ1) is 13.4. The first-order valence-corrected chi connectivity index (χ1v) is 9.20. The van der Waals surface area contributed by atoms with E-state index in [1.165, 1.54) is 23.1 Å². The number of carbonyl (C=O) groups is 1. The molecule has 0 spiro atoms. The van der Waals surface area contributed by atoms with Gasteiger partial charge in [0.25, 0.3) is 5.91 Å². The van der Waals surface area contributed by atoms with Crippen LogP contribution in [0.2, 0.25) is 5.02 Å². The van der Waals surface area contributed by atoms with E-state index in [1.54, 1.807) is 25.1 Å². The van der Waals surface area contributed by atoms with E-state index in [4.69, 9.17) is 16.3 Å². The van der Waals surface area contributed by atoms with Gasteiger partial charge in [0.1, 0.15) is 11.5 Å². The van der Waals surface area contributed by atoms with Gasteiger partial charge in [-0.1, -0.05) is 23.7 Å². The second-order valence-corrected chi connectivity index (χ2v) is 6.60. The van der Waals surface area contributed by atoms with E-state index < -0.39 is 16.6 Å². The van der Waals surface area contributed by atoms with Crippen LogP contribution in [0, 0.1) is 15.9 Å². The number of nitrogens with zero attached hydrogens (tertiary/aromatic N) is 3. The summed E-state index contributed by atoms with van der Waals surface area (Å²) in [7, 11) is 0. The number of para-hydroxylation sites is 1. The SMILES string of the molecule is CCOc1cccc(N2CCN(C(=O)c3c(F)cccc3Cl)CC2)c1[N+](=O)[O-]. The van der Waals surface area contributed by atoms with Crippen LogP contribution in [0.3, 0.4) is 0 Å². The van der Waals surface area contributed by atoms with Crippen LogP contribution in [0.4, 0.5) is 15.8 Å². The van der Waals surface area contributed by atoms with Gasteiger partial charge in [-0.3, -0.25) is 14.9 Å². The summed E-state index contributed by atoms with van der Waals surface area (Å²) in [6.07, 6.45) is 0. The molecule has 0 aromatic heterocycles. The van der Waals surface area contributed by atoms with Gasteiger partial charge in [-0.05, 0) is 31.2 Å². The smallest absolute Gasteiger partial charge is 0.333 e. The van der Waals surface area contributed by atoms with Crippen molar-refractivity contribution in [3.05, 3.63) is 62.9 Å². The number of hydrogen-bond donors (Lipinski definition) is 0. The maximum absolute atomic E-state index is 14.0. The van der Waals surface area contributed by atoms with Crippen LogP contribution in [0.25, 0.3) is 0 Å². The monoisotopic (exact) mass is 407 g/mol. The third-order valence-corrected chi connectivity index (χ3v) is 4.86. The number of benzene rings is 2. The first-order valence-electron chi connectivity index (χ1n) is 8.82. The molecule has 1 saturated heterocycles. The molecule has 0 aliphatic carbocycles. The van der Waals surface area contributed by atoms with Crippen molar-refractivity contribution in [1.29, 1.82) is 0 Å². The molecule has 1 aliphatic heterocycles. The normalized spacial score (nSPS) is 14.1. The predicted molar refractivity (Wildman–Crippen MR) is 104 cm³/mol. The second kappa shape index (κ2) is 8.43. The molecule has 0 saturated carbocycles. The number of nitro groups is 1.